The summed E-state index contributed by atoms with van der Waals surface area (Å²) in [5.74, 6) is 0. The van der Waals surface area contributed by atoms with Crippen molar-refractivity contribution in [2.24, 2.45) is 0 Å². The van der Waals surface area contributed by atoms with Crippen LogP contribution < -0.4 is 5.32 Å². The van der Waals surface area contributed by atoms with Crippen molar-refractivity contribution in [3.63, 3.8) is 0 Å². The van der Waals surface area contributed by atoms with Gasteiger partial charge in [-0.1, -0.05) is 37.1 Å². The van der Waals surface area contributed by atoms with Crippen molar-refractivity contribution >= 4 is 0 Å². The van der Waals surface area contributed by atoms with Gasteiger partial charge < -0.3 is 5.32 Å². The standard InChI is InChI=1S/C16H25N/c1-4-8-16(9-5-10-17-16)12-15-11-13(2)6-7-14(15)3/h6-7,11,17H,4-5,8-10,12H2,1-3H3. The van der Waals surface area contributed by atoms with E-state index < -0.39 is 0 Å². The molecule has 94 valence electrons. The summed E-state index contributed by atoms with van der Waals surface area (Å²) in [6.45, 7) is 7.93. The third-order valence-electron chi connectivity index (χ3n) is 4.09. The van der Waals surface area contributed by atoms with E-state index in [9.17, 15) is 0 Å². The second kappa shape index (κ2) is 5.22. The van der Waals surface area contributed by atoms with Crippen molar-refractivity contribution in [3.05, 3.63) is 34.9 Å². The summed E-state index contributed by atoms with van der Waals surface area (Å²) in [5, 5.41) is 3.77. The molecule has 0 radical (unpaired) electrons. The van der Waals surface area contributed by atoms with Crippen molar-refractivity contribution in [2.75, 3.05) is 6.54 Å². The zero-order valence-electron chi connectivity index (χ0n) is 11.5. The third kappa shape index (κ3) is 2.90. The lowest BCUT2D eigenvalue weighted by Gasteiger charge is -2.30. The molecule has 0 bridgehead atoms. The lowest BCUT2D eigenvalue weighted by atomic mass is 9.83. The third-order valence-corrected chi connectivity index (χ3v) is 4.09. The molecule has 1 heteroatoms. The molecular weight excluding hydrogens is 206 g/mol. The van der Waals surface area contributed by atoms with Crippen LogP contribution in [0.15, 0.2) is 18.2 Å². The van der Waals surface area contributed by atoms with Gasteiger partial charge in [-0.2, -0.15) is 0 Å². The van der Waals surface area contributed by atoms with Crippen molar-refractivity contribution in [3.8, 4) is 0 Å². The Morgan fingerprint density at radius 2 is 2.12 bits per heavy atom. The van der Waals surface area contributed by atoms with Gasteiger partial charge in [0.1, 0.15) is 0 Å². The lowest BCUT2D eigenvalue weighted by Crippen LogP contribution is -2.41. The molecule has 2 rings (SSSR count). The summed E-state index contributed by atoms with van der Waals surface area (Å²) in [6, 6.07) is 6.85. The summed E-state index contributed by atoms with van der Waals surface area (Å²) in [5.41, 5.74) is 4.75. The first-order valence-corrected chi connectivity index (χ1v) is 6.96. The highest BCUT2D eigenvalue weighted by atomic mass is 15.0. The first kappa shape index (κ1) is 12.6. The summed E-state index contributed by atoms with van der Waals surface area (Å²) in [4.78, 5) is 0. The van der Waals surface area contributed by atoms with Crippen LogP contribution in [0.25, 0.3) is 0 Å². The Labute approximate surface area is 106 Å². The average molecular weight is 231 g/mol. The minimum Gasteiger partial charge on any atom is -0.311 e. The highest BCUT2D eigenvalue weighted by Gasteiger charge is 2.32. The largest absolute Gasteiger partial charge is 0.311 e. The molecule has 0 saturated carbocycles. The zero-order chi connectivity index (χ0) is 12.3. The van der Waals surface area contributed by atoms with Crippen LogP contribution >= 0.6 is 0 Å². The van der Waals surface area contributed by atoms with Crippen LogP contribution in [-0.4, -0.2) is 12.1 Å². The molecule has 0 aromatic heterocycles. The fraction of sp³-hybridized carbons (Fsp3) is 0.625. The average Bonchev–Trinajstić information content (AvgIpc) is 2.73. The minimum absolute atomic E-state index is 0.382. The quantitative estimate of drug-likeness (QED) is 0.832. The van der Waals surface area contributed by atoms with Gasteiger partial charge in [-0.15, -0.1) is 0 Å². The van der Waals surface area contributed by atoms with Crippen molar-refractivity contribution < 1.29 is 0 Å². The highest BCUT2D eigenvalue weighted by molar-refractivity contribution is 5.32. The van der Waals surface area contributed by atoms with E-state index in [1.165, 1.54) is 55.3 Å². The van der Waals surface area contributed by atoms with Crippen LogP contribution in [-0.2, 0) is 6.42 Å². The Morgan fingerprint density at radius 3 is 2.76 bits per heavy atom. The molecule has 1 aromatic rings. The molecule has 1 aliphatic rings. The lowest BCUT2D eigenvalue weighted by molar-refractivity contribution is 0.341. The maximum Gasteiger partial charge on any atom is 0.0222 e. The van der Waals surface area contributed by atoms with Crippen LogP contribution in [0.3, 0.4) is 0 Å². The fourth-order valence-corrected chi connectivity index (χ4v) is 3.16. The van der Waals surface area contributed by atoms with E-state index in [-0.39, 0.29) is 0 Å². The number of rotatable bonds is 4. The Bertz CT molecular complexity index is 375. The van der Waals surface area contributed by atoms with E-state index in [4.69, 9.17) is 0 Å². The van der Waals surface area contributed by atoms with E-state index in [0.29, 0.717) is 5.54 Å². The number of benzene rings is 1. The van der Waals surface area contributed by atoms with Gasteiger partial charge in [-0.25, -0.2) is 0 Å². The van der Waals surface area contributed by atoms with Gasteiger partial charge in [-0.3, -0.25) is 0 Å². The molecule has 1 atom stereocenters. The highest BCUT2D eigenvalue weighted by Crippen LogP contribution is 2.30. The van der Waals surface area contributed by atoms with Gasteiger partial charge in [0.25, 0.3) is 0 Å². The molecule has 0 spiro atoms. The molecule has 1 heterocycles. The van der Waals surface area contributed by atoms with Crippen LogP contribution in [0.4, 0.5) is 0 Å². The summed E-state index contributed by atoms with van der Waals surface area (Å²) in [6.07, 6.45) is 6.46. The molecule has 1 aromatic carbocycles. The Morgan fingerprint density at radius 1 is 1.29 bits per heavy atom. The Hall–Kier alpha value is -0.820. The molecule has 1 unspecified atom stereocenters. The molecule has 0 aliphatic carbocycles. The predicted octanol–water partition coefficient (Wildman–Crippen LogP) is 3.77. The minimum atomic E-state index is 0.382. The number of nitrogens with one attached hydrogen (secondary N) is 1. The smallest absolute Gasteiger partial charge is 0.0222 e. The summed E-state index contributed by atoms with van der Waals surface area (Å²) in [7, 11) is 0. The summed E-state index contributed by atoms with van der Waals surface area (Å²) < 4.78 is 0. The van der Waals surface area contributed by atoms with E-state index in [1.807, 2.05) is 0 Å². The SMILES string of the molecule is CCCC1(Cc2cc(C)ccc2C)CCCN1. The van der Waals surface area contributed by atoms with E-state index in [1.54, 1.807) is 0 Å². The Balaban J connectivity index is 2.19. The van der Waals surface area contributed by atoms with Crippen molar-refractivity contribution in [1.82, 2.24) is 5.32 Å². The monoisotopic (exact) mass is 231 g/mol. The van der Waals surface area contributed by atoms with Crippen LogP contribution in [0.1, 0.15) is 49.3 Å². The van der Waals surface area contributed by atoms with Gasteiger partial charge in [-0.05, 0) is 57.2 Å². The van der Waals surface area contributed by atoms with Gasteiger partial charge in [0, 0.05) is 5.54 Å². The molecule has 1 nitrogen and oxygen atoms in total. The van der Waals surface area contributed by atoms with Crippen molar-refractivity contribution in [2.45, 2.75) is 58.4 Å². The van der Waals surface area contributed by atoms with Gasteiger partial charge in [0.05, 0.1) is 0 Å². The molecule has 1 fully saturated rings. The van der Waals surface area contributed by atoms with Crippen LogP contribution in [0.2, 0.25) is 0 Å². The number of hydrogen-bond donors (Lipinski definition) is 1. The van der Waals surface area contributed by atoms with E-state index in [0.717, 1.165) is 0 Å². The second-order valence-electron chi connectivity index (χ2n) is 5.67. The zero-order valence-corrected chi connectivity index (χ0v) is 11.5. The molecule has 1 saturated heterocycles. The van der Waals surface area contributed by atoms with E-state index >= 15 is 0 Å². The van der Waals surface area contributed by atoms with E-state index in [2.05, 4.69) is 44.3 Å². The molecular formula is C16H25N. The first-order chi connectivity index (χ1) is 8.15. The van der Waals surface area contributed by atoms with Gasteiger partial charge in [0.2, 0.25) is 0 Å². The molecule has 1 N–H and O–H groups in total. The normalized spacial score (nSPS) is 24.2. The van der Waals surface area contributed by atoms with Crippen molar-refractivity contribution in [1.29, 1.82) is 0 Å². The number of hydrogen-bond acceptors (Lipinski definition) is 1. The molecule has 1 aliphatic heterocycles. The Kier molecular flexibility index (Phi) is 3.88. The summed E-state index contributed by atoms with van der Waals surface area (Å²) >= 11 is 0. The topological polar surface area (TPSA) is 12.0 Å². The predicted molar refractivity (Wildman–Crippen MR) is 74.5 cm³/mol. The fourth-order valence-electron chi connectivity index (χ4n) is 3.16. The molecule has 17 heavy (non-hydrogen) atoms. The van der Waals surface area contributed by atoms with Gasteiger partial charge in [0.15, 0.2) is 0 Å². The maximum absolute atomic E-state index is 3.77. The second-order valence-corrected chi connectivity index (χ2v) is 5.67. The number of aryl methyl sites for hydroxylation is 2. The first-order valence-electron chi connectivity index (χ1n) is 6.96. The van der Waals surface area contributed by atoms with Gasteiger partial charge >= 0.3 is 0 Å². The van der Waals surface area contributed by atoms with Crippen LogP contribution in [0.5, 0.6) is 0 Å². The maximum atomic E-state index is 3.77. The molecule has 0 amide bonds. The van der Waals surface area contributed by atoms with Crippen LogP contribution in [0, 0.1) is 13.8 Å².